The number of nitrogen functional groups attached to an aromatic ring is 1. The van der Waals surface area contributed by atoms with Crippen LogP contribution in [0.2, 0.25) is 0 Å². The minimum Gasteiger partial charge on any atom is -0.397 e. The van der Waals surface area contributed by atoms with Gasteiger partial charge in [0.05, 0.1) is 22.4 Å². The summed E-state index contributed by atoms with van der Waals surface area (Å²) in [5, 5.41) is 14.0. The van der Waals surface area contributed by atoms with Gasteiger partial charge in [-0.05, 0) is 12.5 Å². The SMILES string of the molecule is COC1CC(Nc2ccc([N+](=O)[O-])cc2N)C1(C)C. The summed E-state index contributed by atoms with van der Waals surface area (Å²) < 4.78 is 5.39. The molecule has 6 heteroatoms. The van der Waals surface area contributed by atoms with Gasteiger partial charge in [-0.2, -0.15) is 0 Å². The second kappa shape index (κ2) is 4.70. The number of anilines is 2. The monoisotopic (exact) mass is 265 g/mol. The van der Waals surface area contributed by atoms with E-state index in [0.717, 1.165) is 12.1 Å². The van der Waals surface area contributed by atoms with Crippen molar-refractivity contribution in [2.24, 2.45) is 5.41 Å². The van der Waals surface area contributed by atoms with Crippen LogP contribution in [0.3, 0.4) is 0 Å². The van der Waals surface area contributed by atoms with Gasteiger partial charge in [-0.25, -0.2) is 0 Å². The van der Waals surface area contributed by atoms with Gasteiger partial charge in [0.25, 0.3) is 5.69 Å². The molecule has 1 saturated carbocycles. The summed E-state index contributed by atoms with van der Waals surface area (Å²) >= 11 is 0. The molecule has 0 bridgehead atoms. The Kier molecular flexibility index (Phi) is 3.36. The van der Waals surface area contributed by atoms with Crippen molar-refractivity contribution in [3.63, 3.8) is 0 Å². The predicted molar refractivity (Wildman–Crippen MR) is 74.1 cm³/mol. The van der Waals surface area contributed by atoms with Crippen molar-refractivity contribution in [3.8, 4) is 0 Å². The van der Waals surface area contributed by atoms with Crippen LogP contribution in [0.5, 0.6) is 0 Å². The van der Waals surface area contributed by atoms with E-state index >= 15 is 0 Å². The predicted octanol–water partition coefficient (Wildman–Crippen LogP) is 2.40. The normalized spacial score (nSPS) is 24.6. The molecule has 0 radical (unpaired) electrons. The van der Waals surface area contributed by atoms with E-state index in [-0.39, 0.29) is 23.2 Å². The van der Waals surface area contributed by atoms with E-state index in [1.807, 2.05) is 0 Å². The van der Waals surface area contributed by atoms with Crippen molar-refractivity contribution in [2.75, 3.05) is 18.2 Å². The summed E-state index contributed by atoms with van der Waals surface area (Å²) in [4.78, 5) is 10.2. The maximum atomic E-state index is 10.7. The van der Waals surface area contributed by atoms with E-state index in [4.69, 9.17) is 10.5 Å². The Morgan fingerprint density at radius 3 is 2.68 bits per heavy atom. The van der Waals surface area contributed by atoms with Crippen LogP contribution in [0, 0.1) is 15.5 Å². The maximum absolute atomic E-state index is 10.7. The highest BCUT2D eigenvalue weighted by molar-refractivity contribution is 5.70. The van der Waals surface area contributed by atoms with E-state index in [2.05, 4.69) is 19.2 Å². The van der Waals surface area contributed by atoms with Crippen LogP contribution >= 0.6 is 0 Å². The molecule has 0 aromatic heterocycles. The molecule has 2 atom stereocenters. The summed E-state index contributed by atoms with van der Waals surface area (Å²) in [5.74, 6) is 0. The summed E-state index contributed by atoms with van der Waals surface area (Å²) in [6.45, 7) is 4.26. The third-order valence-corrected chi connectivity index (χ3v) is 4.04. The smallest absolute Gasteiger partial charge is 0.271 e. The zero-order chi connectivity index (χ0) is 14.2. The van der Waals surface area contributed by atoms with Gasteiger partial charge >= 0.3 is 0 Å². The quantitative estimate of drug-likeness (QED) is 0.495. The molecule has 2 unspecified atom stereocenters. The van der Waals surface area contributed by atoms with Crippen LogP contribution in [0.1, 0.15) is 20.3 Å². The average molecular weight is 265 g/mol. The maximum Gasteiger partial charge on any atom is 0.271 e. The number of methoxy groups -OCH3 is 1. The third kappa shape index (κ3) is 2.35. The van der Waals surface area contributed by atoms with Crippen molar-refractivity contribution in [2.45, 2.75) is 32.4 Å². The van der Waals surface area contributed by atoms with Gasteiger partial charge < -0.3 is 15.8 Å². The number of ether oxygens (including phenoxy) is 1. The van der Waals surface area contributed by atoms with Crippen LogP contribution in [0.4, 0.5) is 17.1 Å². The van der Waals surface area contributed by atoms with E-state index in [1.54, 1.807) is 13.2 Å². The summed E-state index contributed by atoms with van der Waals surface area (Å²) in [5.41, 5.74) is 6.99. The van der Waals surface area contributed by atoms with E-state index in [0.29, 0.717) is 5.69 Å². The minimum atomic E-state index is -0.450. The average Bonchev–Trinajstić information content (AvgIpc) is 2.35. The van der Waals surface area contributed by atoms with Crippen molar-refractivity contribution in [3.05, 3.63) is 28.3 Å². The second-order valence-electron chi connectivity index (χ2n) is 5.51. The van der Waals surface area contributed by atoms with E-state index in [1.165, 1.54) is 12.1 Å². The molecular formula is C13H19N3O3. The Balaban J connectivity index is 2.11. The number of hydrogen-bond donors (Lipinski definition) is 2. The molecule has 1 aliphatic carbocycles. The van der Waals surface area contributed by atoms with Gasteiger partial charge in [-0.3, -0.25) is 10.1 Å². The zero-order valence-corrected chi connectivity index (χ0v) is 11.3. The standard InChI is InChI=1S/C13H19N3O3/c1-13(2)11(7-12(13)19-3)15-10-5-4-8(16(17)18)6-9(10)14/h4-6,11-12,15H,7,14H2,1-3H3. The first-order valence-electron chi connectivity index (χ1n) is 6.19. The number of hydrogen-bond acceptors (Lipinski definition) is 5. The molecular weight excluding hydrogens is 246 g/mol. The number of nitro benzene ring substituents is 1. The molecule has 0 amide bonds. The first-order valence-corrected chi connectivity index (χ1v) is 6.19. The highest BCUT2D eigenvalue weighted by atomic mass is 16.6. The van der Waals surface area contributed by atoms with Gasteiger partial charge in [-0.1, -0.05) is 13.8 Å². The summed E-state index contributed by atoms with van der Waals surface area (Å²) in [7, 11) is 1.71. The van der Waals surface area contributed by atoms with Crippen molar-refractivity contribution < 1.29 is 9.66 Å². The fraction of sp³-hybridized carbons (Fsp3) is 0.538. The topological polar surface area (TPSA) is 90.4 Å². The fourth-order valence-corrected chi connectivity index (χ4v) is 2.51. The lowest BCUT2D eigenvalue weighted by atomic mass is 9.64. The molecule has 19 heavy (non-hydrogen) atoms. The van der Waals surface area contributed by atoms with Crippen LogP contribution in [-0.2, 0) is 4.74 Å². The lowest BCUT2D eigenvalue weighted by Gasteiger charge is -2.51. The highest BCUT2D eigenvalue weighted by Gasteiger charge is 2.48. The molecule has 0 saturated heterocycles. The molecule has 1 fully saturated rings. The lowest BCUT2D eigenvalue weighted by Crippen LogP contribution is -2.57. The number of nitrogens with two attached hydrogens (primary N) is 1. The molecule has 0 spiro atoms. The molecule has 3 N–H and O–H groups in total. The van der Waals surface area contributed by atoms with Crippen LogP contribution in [0.15, 0.2) is 18.2 Å². The zero-order valence-electron chi connectivity index (χ0n) is 11.3. The summed E-state index contributed by atoms with van der Waals surface area (Å²) in [6, 6.07) is 4.74. The molecule has 1 aromatic carbocycles. The Hall–Kier alpha value is -1.82. The first kappa shape index (κ1) is 13.6. The molecule has 0 heterocycles. The second-order valence-corrected chi connectivity index (χ2v) is 5.51. The van der Waals surface area contributed by atoms with Crippen molar-refractivity contribution in [1.82, 2.24) is 0 Å². The third-order valence-electron chi connectivity index (χ3n) is 4.04. The highest BCUT2D eigenvalue weighted by Crippen LogP contribution is 2.44. The molecule has 6 nitrogen and oxygen atoms in total. The Labute approximate surface area is 112 Å². The molecule has 0 aliphatic heterocycles. The van der Waals surface area contributed by atoms with Gasteiger partial charge in [0, 0.05) is 30.7 Å². The van der Waals surface area contributed by atoms with Gasteiger partial charge in [0.15, 0.2) is 0 Å². The Morgan fingerprint density at radius 1 is 1.53 bits per heavy atom. The number of rotatable bonds is 4. The van der Waals surface area contributed by atoms with Crippen LogP contribution in [0.25, 0.3) is 0 Å². The fourth-order valence-electron chi connectivity index (χ4n) is 2.51. The molecule has 1 aliphatic rings. The summed E-state index contributed by atoms with van der Waals surface area (Å²) in [6.07, 6.45) is 1.13. The van der Waals surface area contributed by atoms with Gasteiger partial charge in [-0.15, -0.1) is 0 Å². The Bertz CT molecular complexity index is 502. The van der Waals surface area contributed by atoms with Crippen molar-refractivity contribution >= 4 is 17.1 Å². The van der Waals surface area contributed by atoms with E-state index in [9.17, 15) is 10.1 Å². The van der Waals surface area contributed by atoms with Crippen LogP contribution < -0.4 is 11.1 Å². The minimum absolute atomic E-state index is 0.00527. The molecule has 2 rings (SSSR count). The number of non-ortho nitro benzene ring substituents is 1. The molecule has 104 valence electrons. The number of nitrogens with zero attached hydrogens (tertiary/aromatic N) is 1. The number of nitrogens with one attached hydrogen (secondary N) is 1. The Morgan fingerprint density at radius 2 is 2.21 bits per heavy atom. The van der Waals surface area contributed by atoms with Crippen LogP contribution in [-0.4, -0.2) is 24.2 Å². The van der Waals surface area contributed by atoms with E-state index < -0.39 is 4.92 Å². The number of nitro groups is 1. The first-order chi connectivity index (χ1) is 8.86. The van der Waals surface area contributed by atoms with Gasteiger partial charge in [0.1, 0.15) is 0 Å². The molecule has 1 aromatic rings. The number of benzene rings is 1. The van der Waals surface area contributed by atoms with Gasteiger partial charge in [0.2, 0.25) is 0 Å². The lowest BCUT2D eigenvalue weighted by molar-refractivity contribution is -0.384. The van der Waals surface area contributed by atoms with Crippen molar-refractivity contribution in [1.29, 1.82) is 0 Å². The largest absolute Gasteiger partial charge is 0.397 e.